The van der Waals surface area contributed by atoms with Crippen molar-refractivity contribution < 1.29 is 28.5 Å². The first-order valence-electron chi connectivity index (χ1n) is 11.2. The van der Waals surface area contributed by atoms with Crippen LogP contribution in [0.15, 0.2) is 42.9 Å². The van der Waals surface area contributed by atoms with E-state index >= 15 is 0 Å². The van der Waals surface area contributed by atoms with Crippen LogP contribution in [0.25, 0.3) is 17.2 Å². The van der Waals surface area contributed by atoms with E-state index in [0.717, 1.165) is 24.8 Å². The van der Waals surface area contributed by atoms with Gasteiger partial charge in [0, 0.05) is 25.2 Å². The smallest absolute Gasteiger partial charge is 0.238 e. The number of fused-ring (bicyclic) bond motifs is 1. The Morgan fingerprint density at radius 3 is 2.58 bits per heavy atom. The summed E-state index contributed by atoms with van der Waals surface area (Å²) in [5.74, 6) is -3.88. The van der Waals surface area contributed by atoms with Crippen molar-refractivity contribution in [3.8, 4) is 28.8 Å². The highest BCUT2D eigenvalue weighted by molar-refractivity contribution is 5.56. The van der Waals surface area contributed by atoms with E-state index in [1.54, 1.807) is 27.6 Å². The first kappa shape index (κ1) is 23.8. The summed E-state index contributed by atoms with van der Waals surface area (Å²) in [5.41, 5.74) is 0.141. The molecular formula is C24H24F2N6O4. The molecule has 3 aromatic heterocycles. The van der Waals surface area contributed by atoms with Gasteiger partial charge in [0.25, 0.3) is 0 Å². The van der Waals surface area contributed by atoms with Gasteiger partial charge in [-0.1, -0.05) is 0 Å². The summed E-state index contributed by atoms with van der Waals surface area (Å²) in [6.07, 6.45) is 4.09. The van der Waals surface area contributed by atoms with Gasteiger partial charge >= 0.3 is 0 Å². The highest BCUT2D eigenvalue weighted by atomic mass is 19.2. The molecule has 36 heavy (non-hydrogen) atoms. The quantitative estimate of drug-likeness (QED) is 0.390. The molecule has 0 aliphatic carbocycles. The normalized spacial score (nSPS) is 17.6. The molecule has 0 radical (unpaired) electrons. The molecule has 1 aliphatic heterocycles. The van der Waals surface area contributed by atoms with Crippen molar-refractivity contribution in [1.29, 1.82) is 0 Å². The van der Waals surface area contributed by atoms with E-state index in [2.05, 4.69) is 20.2 Å². The summed E-state index contributed by atoms with van der Waals surface area (Å²) in [6, 6.07) is 6.52. The molecule has 5 rings (SSSR count). The number of pyridine rings is 1. The molecule has 2 N–H and O–H groups in total. The van der Waals surface area contributed by atoms with E-state index in [9.17, 15) is 19.0 Å². The number of hydrogen-bond acceptors (Lipinski definition) is 8. The number of ether oxygens (including phenoxy) is 2. The van der Waals surface area contributed by atoms with Gasteiger partial charge in [-0.15, -0.1) is 10.2 Å². The molecule has 188 valence electrons. The van der Waals surface area contributed by atoms with Crippen LogP contribution in [0.5, 0.6) is 11.6 Å². The molecule has 0 saturated carbocycles. The number of hydrogen-bond donors (Lipinski definition) is 2. The van der Waals surface area contributed by atoms with Crippen LogP contribution in [0, 0.1) is 18.6 Å². The van der Waals surface area contributed by atoms with Crippen molar-refractivity contribution in [3.05, 3.63) is 66.0 Å². The average molecular weight is 498 g/mol. The Morgan fingerprint density at radius 1 is 1.11 bits per heavy atom. The van der Waals surface area contributed by atoms with Crippen LogP contribution < -0.4 is 9.47 Å². The Hall–Kier alpha value is -3.90. The van der Waals surface area contributed by atoms with Gasteiger partial charge in [-0.3, -0.25) is 0 Å². The molecule has 0 fully saturated rings. The molecule has 1 unspecified atom stereocenters. The number of aryl methyl sites for hydroxylation is 1. The van der Waals surface area contributed by atoms with Crippen molar-refractivity contribution in [3.63, 3.8) is 0 Å². The zero-order valence-electron chi connectivity index (χ0n) is 19.8. The van der Waals surface area contributed by atoms with Gasteiger partial charge in [0.05, 0.1) is 19.1 Å². The van der Waals surface area contributed by atoms with Crippen molar-refractivity contribution in [2.75, 3.05) is 7.11 Å². The minimum absolute atomic E-state index is 0.0824. The second-order valence-electron chi connectivity index (χ2n) is 8.78. The molecule has 1 atom stereocenters. The standard InChI is InChI=1S/C24H24F2N6O4/c1-14-12-31(13-27-14)19-8-7-18(28-21(19)35-3)20-29-30-22-24(23(2,33)34,9-4-10-32(20)22)36-15-5-6-16(25)17(26)11-15/h5-8,11-13,33-34H,4,9-10H2,1-3H3. The molecule has 0 bridgehead atoms. The summed E-state index contributed by atoms with van der Waals surface area (Å²) in [7, 11) is 1.50. The third-order valence-corrected chi connectivity index (χ3v) is 6.22. The maximum Gasteiger partial charge on any atom is 0.238 e. The largest absolute Gasteiger partial charge is 0.479 e. The summed E-state index contributed by atoms with van der Waals surface area (Å²) in [4.78, 5) is 8.82. The summed E-state index contributed by atoms with van der Waals surface area (Å²) in [6.45, 7) is 3.47. The predicted octanol–water partition coefficient (Wildman–Crippen LogP) is 2.89. The fraction of sp³-hybridized carbons (Fsp3) is 0.333. The summed E-state index contributed by atoms with van der Waals surface area (Å²) in [5, 5.41) is 30.1. The Kier molecular flexibility index (Phi) is 5.72. The van der Waals surface area contributed by atoms with E-state index in [1.807, 2.05) is 13.1 Å². The lowest BCUT2D eigenvalue weighted by molar-refractivity contribution is -0.268. The molecule has 0 saturated heterocycles. The van der Waals surface area contributed by atoms with E-state index in [-0.39, 0.29) is 18.0 Å². The average Bonchev–Trinajstić information content (AvgIpc) is 3.47. The highest BCUT2D eigenvalue weighted by Crippen LogP contribution is 2.44. The zero-order valence-corrected chi connectivity index (χ0v) is 19.8. The van der Waals surface area contributed by atoms with Crippen LogP contribution in [0.1, 0.15) is 31.3 Å². The second kappa shape index (κ2) is 8.64. The lowest BCUT2D eigenvalue weighted by Gasteiger charge is -2.43. The van der Waals surface area contributed by atoms with E-state index in [4.69, 9.17) is 9.47 Å². The number of aliphatic hydroxyl groups is 2. The lowest BCUT2D eigenvalue weighted by Crippen LogP contribution is -2.56. The maximum absolute atomic E-state index is 13.9. The number of aromatic nitrogens is 6. The number of halogens is 2. The fourth-order valence-corrected chi connectivity index (χ4v) is 4.44. The second-order valence-corrected chi connectivity index (χ2v) is 8.78. The Balaban J connectivity index is 1.59. The molecule has 4 heterocycles. The number of imidazole rings is 1. The topological polar surface area (TPSA) is 120 Å². The van der Waals surface area contributed by atoms with Crippen LogP contribution in [0.2, 0.25) is 0 Å². The van der Waals surface area contributed by atoms with Gasteiger partial charge in [-0.25, -0.2) is 18.7 Å². The lowest BCUT2D eigenvalue weighted by atomic mass is 9.85. The molecule has 1 aliphatic rings. The van der Waals surface area contributed by atoms with Gasteiger partial charge in [0.15, 0.2) is 23.3 Å². The van der Waals surface area contributed by atoms with Crippen molar-refractivity contribution in [2.45, 2.75) is 44.6 Å². The third kappa shape index (κ3) is 3.88. The predicted molar refractivity (Wildman–Crippen MR) is 122 cm³/mol. The van der Waals surface area contributed by atoms with Crippen molar-refractivity contribution in [1.82, 2.24) is 29.3 Å². The SMILES string of the molecule is COc1nc(-c2nnc3n2CCCC3(Oc2ccc(F)c(F)c2)C(C)(O)O)ccc1-n1cnc(C)c1. The summed E-state index contributed by atoms with van der Waals surface area (Å²) >= 11 is 0. The Morgan fingerprint density at radius 2 is 1.92 bits per heavy atom. The molecule has 10 nitrogen and oxygen atoms in total. The number of benzene rings is 1. The van der Waals surface area contributed by atoms with Crippen LogP contribution in [-0.4, -0.2) is 52.4 Å². The fourth-order valence-electron chi connectivity index (χ4n) is 4.44. The first-order valence-corrected chi connectivity index (χ1v) is 11.2. The zero-order chi connectivity index (χ0) is 25.7. The molecule has 12 heteroatoms. The molecule has 0 amide bonds. The molecule has 1 aromatic carbocycles. The minimum atomic E-state index is -2.44. The highest BCUT2D eigenvalue weighted by Gasteiger charge is 2.55. The number of nitrogens with zero attached hydrogens (tertiary/aromatic N) is 6. The first-order chi connectivity index (χ1) is 17.1. The van der Waals surface area contributed by atoms with Gasteiger partial charge < -0.3 is 28.8 Å². The van der Waals surface area contributed by atoms with Gasteiger partial charge in [0.1, 0.15) is 17.1 Å². The maximum atomic E-state index is 13.9. The number of methoxy groups -OCH3 is 1. The number of rotatable bonds is 6. The molecular weight excluding hydrogens is 474 g/mol. The van der Waals surface area contributed by atoms with E-state index in [1.165, 1.54) is 13.2 Å². The van der Waals surface area contributed by atoms with Crippen LogP contribution in [0.3, 0.4) is 0 Å². The monoisotopic (exact) mass is 498 g/mol. The van der Waals surface area contributed by atoms with Crippen LogP contribution in [-0.2, 0) is 12.1 Å². The van der Waals surface area contributed by atoms with Crippen molar-refractivity contribution >= 4 is 0 Å². The van der Waals surface area contributed by atoms with Crippen LogP contribution >= 0.6 is 0 Å². The molecule has 0 spiro atoms. The summed E-state index contributed by atoms with van der Waals surface area (Å²) < 4.78 is 42.2. The van der Waals surface area contributed by atoms with Gasteiger partial charge in [0.2, 0.25) is 17.3 Å². The Bertz CT molecular complexity index is 1430. The van der Waals surface area contributed by atoms with E-state index < -0.39 is 23.0 Å². The van der Waals surface area contributed by atoms with E-state index in [0.29, 0.717) is 36.1 Å². The van der Waals surface area contributed by atoms with Gasteiger partial charge in [-0.05, 0) is 44.5 Å². The Labute approximate surface area is 204 Å². The van der Waals surface area contributed by atoms with Crippen molar-refractivity contribution in [2.24, 2.45) is 0 Å². The van der Waals surface area contributed by atoms with Gasteiger partial charge in [-0.2, -0.15) is 0 Å². The van der Waals surface area contributed by atoms with Crippen LogP contribution in [0.4, 0.5) is 8.78 Å². The minimum Gasteiger partial charge on any atom is -0.479 e. The molecule has 4 aromatic rings. The third-order valence-electron chi connectivity index (χ3n) is 6.22.